The highest BCUT2D eigenvalue weighted by Gasteiger charge is 2.26. The minimum atomic E-state index is -4.06. The van der Waals surface area contributed by atoms with E-state index in [0.29, 0.717) is 16.3 Å². The van der Waals surface area contributed by atoms with Gasteiger partial charge >= 0.3 is 0 Å². The van der Waals surface area contributed by atoms with Crippen LogP contribution in [0.1, 0.15) is 28.1 Å². The number of aryl methyl sites for hydroxylation is 5. The average molecular weight is 377 g/mol. The molecule has 3 aromatic rings. The zero-order valence-corrected chi connectivity index (χ0v) is 16.3. The number of rotatable bonds is 3. The lowest BCUT2D eigenvalue weighted by molar-refractivity contribution is 0.598. The second kappa shape index (κ2) is 5.96. The third kappa shape index (κ3) is 2.96. The first-order chi connectivity index (χ1) is 11.6. The number of sulfonamides is 1. The summed E-state index contributed by atoms with van der Waals surface area (Å²) in [5.41, 5.74) is 3.44. The van der Waals surface area contributed by atoms with E-state index in [-0.39, 0.29) is 10.6 Å². The topological polar surface area (TPSA) is 80.5 Å². The molecule has 0 amide bonds. The fourth-order valence-electron chi connectivity index (χ4n) is 3.00. The van der Waals surface area contributed by atoms with Crippen molar-refractivity contribution < 1.29 is 8.42 Å². The quantitative estimate of drug-likeness (QED) is 0.760. The Balaban J connectivity index is 2.21. The molecule has 0 aliphatic heterocycles. The Labute approximate surface area is 150 Å². The molecular formula is C17H19N3O3S2. The van der Waals surface area contributed by atoms with Gasteiger partial charge in [0, 0.05) is 11.1 Å². The summed E-state index contributed by atoms with van der Waals surface area (Å²) in [7, 11) is -4.06. The van der Waals surface area contributed by atoms with Crippen LogP contribution in [0.25, 0.3) is 4.96 Å². The molecule has 2 aromatic heterocycles. The Morgan fingerprint density at radius 2 is 1.68 bits per heavy atom. The number of aromatic nitrogens is 2. The van der Waals surface area contributed by atoms with Gasteiger partial charge in [-0.3, -0.25) is 13.9 Å². The van der Waals surface area contributed by atoms with Gasteiger partial charge in [-0.25, -0.2) is 13.4 Å². The summed E-state index contributed by atoms with van der Waals surface area (Å²) < 4.78 is 29.8. The van der Waals surface area contributed by atoms with Crippen LogP contribution in [0.4, 0.5) is 5.69 Å². The number of anilines is 1. The molecule has 0 bridgehead atoms. The van der Waals surface area contributed by atoms with Gasteiger partial charge in [-0.05, 0) is 45.7 Å². The highest BCUT2D eigenvalue weighted by atomic mass is 32.2. The van der Waals surface area contributed by atoms with Gasteiger partial charge < -0.3 is 0 Å². The highest BCUT2D eigenvalue weighted by Crippen LogP contribution is 2.25. The van der Waals surface area contributed by atoms with Crippen LogP contribution in [-0.2, 0) is 10.0 Å². The summed E-state index contributed by atoms with van der Waals surface area (Å²) in [5.74, 6) is 0. The normalized spacial score (nSPS) is 11.9. The molecule has 0 spiro atoms. The van der Waals surface area contributed by atoms with Crippen molar-refractivity contribution in [3.05, 3.63) is 55.9 Å². The van der Waals surface area contributed by atoms with Crippen LogP contribution in [0, 0.1) is 34.6 Å². The van der Waals surface area contributed by atoms with Crippen LogP contribution >= 0.6 is 11.3 Å². The van der Waals surface area contributed by atoms with Crippen molar-refractivity contribution in [2.75, 3.05) is 4.72 Å². The predicted molar refractivity (Wildman–Crippen MR) is 100 cm³/mol. The molecular weight excluding hydrogens is 358 g/mol. The molecule has 25 heavy (non-hydrogen) atoms. The maximum Gasteiger partial charge on any atom is 0.279 e. The van der Waals surface area contributed by atoms with E-state index in [2.05, 4.69) is 9.71 Å². The largest absolute Gasteiger partial charge is 0.279 e. The molecule has 132 valence electrons. The number of benzene rings is 1. The van der Waals surface area contributed by atoms with Crippen molar-refractivity contribution in [1.82, 2.24) is 9.38 Å². The second-order valence-electron chi connectivity index (χ2n) is 6.21. The third-order valence-electron chi connectivity index (χ3n) is 4.05. The van der Waals surface area contributed by atoms with Crippen molar-refractivity contribution in [1.29, 1.82) is 0 Å². The van der Waals surface area contributed by atoms with Crippen LogP contribution in [-0.4, -0.2) is 17.8 Å². The van der Waals surface area contributed by atoms with E-state index in [4.69, 9.17) is 0 Å². The predicted octanol–water partition coefficient (Wildman–Crippen LogP) is 3.10. The smallest absolute Gasteiger partial charge is 0.279 e. The summed E-state index contributed by atoms with van der Waals surface area (Å²) in [4.78, 5) is 17.3. The standard InChI is InChI=1S/C17H19N3O3S2/c1-9-6-10(2)14(11(3)7-9)19-25(22,23)15-13(5)18-17-20(16(15)21)12(4)8-24-17/h6-8,19H,1-5H3. The summed E-state index contributed by atoms with van der Waals surface area (Å²) in [6.45, 7) is 8.91. The Hall–Kier alpha value is -2.19. The van der Waals surface area contributed by atoms with Crippen molar-refractivity contribution in [2.24, 2.45) is 0 Å². The molecule has 3 rings (SSSR count). The zero-order chi connectivity index (χ0) is 18.5. The fraction of sp³-hybridized carbons (Fsp3) is 0.294. The number of nitrogens with zero attached hydrogens (tertiary/aromatic N) is 2. The van der Waals surface area contributed by atoms with Crippen LogP contribution in [0.2, 0.25) is 0 Å². The summed E-state index contributed by atoms with van der Waals surface area (Å²) >= 11 is 1.31. The maximum absolute atomic E-state index is 12.9. The minimum Gasteiger partial charge on any atom is -0.279 e. The second-order valence-corrected chi connectivity index (χ2v) is 8.66. The van der Waals surface area contributed by atoms with E-state index in [1.807, 2.05) is 32.9 Å². The zero-order valence-electron chi connectivity index (χ0n) is 14.7. The Morgan fingerprint density at radius 1 is 1.08 bits per heavy atom. The van der Waals surface area contributed by atoms with E-state index in [0.717, 1.165) is 16.7 Å². The Bertz CT molecular complexity index is 1130. The van der Waals surface area contributed by atoms with E-state index in [1.54, 1.807) is 19.2 Å². The van der Waals surface area contributed by atoms with Crippen molar-refractivity contribution in [3.8, 4) is 0 Å². The number of hydrogen-bond acceptors (Lipinski definition) is 5. The van der Waals surface area contributed by atoms with Gasteiger partial charge in [0.1, 0.15) is 0 Å². The van der Waals surface area contributed by atoms with Crippen molar-refractivity contribution in [2.45, 2.75) is 39.5 Å². The average Bonchev–Trinajstić information content (AvgIpc) is 2.84. The highest BCUT2D eigenvalue weighted by molar-refractivity contribution is 7.92. The number of fused-ring (bicyclic) bond motifs is 1. The summed E-state index contributed by atoms with van der Waals surface area (Å²) in [6.07, 6.45) is 0. The molecule has 0 atom stereocenters. The molecule has 0 saturated carbocycles. The lowest BCUT2D eigenvalue weighted by atomic mass is 10.1. The lowest BCUT2D eigenvalue weighted by Crippen LogP contribution is -2.28. The van der Waals surface area contributed by atoms with Crippen LogP contribution < -0.4 is 10.3 Å². The van der Waals surface area contributed by atoms with E-state index < -0.39 is 15.6 Å². The Kier molecular flexibility index (Phi) is 4.20. The summed E-state index contributed by atoms with van der Waals surface area (Å²) in [5, 5.41) is 1.78. The molecule has 2 heterocycles. The van der Waals surface area contributed by atoms with Crippen molar-refractivity contribution in [3.63, 3.8) is 0 Å². The van der Waals surface area contributed by atoms with Gasteiger partial charge in [0.15, 0.2) is 9.86 Å². The molecule has 6 nitrogen and oxygen atoms in total. The number of nitrogens with one attached hydrogen (secondary N) is 1. The molecule has 0 radical (unpaired) electrons. The van der Waals surface area contributed by atoms with Gasteiger partial charge in [-0.2, -0.15) is 0 Å². The Morgan fingerprint density at radius 3 is 2.28 bits per heavy atom. The number of hydrogen-bond donors (Lipinski definition) is 1. The molecule has 1 N–H and O–H groups in total. The van der Waals surface area contributed by atoms with E-state index in [9.17, 15) is 13.2 Å². The first kappa shape index (κ1) is 17.6. The third-order valence-corrected chi connectivity index (χ3v) is 6.47. The van der Waals surface area contributed by atoms with Gasteiger partial charge in [0.05, 0.1) is 11.4 Å². The maximum atomic E-state index is 12.9. The molecule has 0 unspecified atom stereocenters. The fourth-order valence-corrected chi connectivity index (χ4v) is 5.36. The molecule has 0 aliphatic rings. The molecule has 1 aromatic carbocycles. The van der Waals surface area contributed by atoms with Gasteiger partial charge in [0.2, 0.25) is 0 Å². The number of thiazole rings is 1. The van der Waals surface area contributed by atoms with E-state index in [1.165, 1.54) is 15.7 Å². The molecule has 0 saturated heterocycles. The lowest BCUT2D eigenvalue weighted by Gasteiger charge is -2.15. The monoisotopic (exact) mass is 377 g/mol. The minimum absolute atomic E-state index is 0.196. The molecule has 0 fully saturated rings. The van der Waals surface area contributed by atoms with Crippen molar-refractivity contribution >= 4 is 32.0 Å². The first-order valence-electron chi connectivity index (χ1n) is 7.70. The van der Waals surface area contributed by atoms with Crippen LogP contribution in [0.5, 0.6) is 0 Å². The first-order valence-corrected chi connectivity index (χ1v) is 10.1. The van der Waals surface area contributed by atoms with Crippen LogP contribution in [0.3, 0.4) is 0 Å². The SMILES string of the molecule is Cc1cc(C)c(NS(=O)(=O)c2c(C)nc3scc(C)n3c2=O)c(C)c1. The van der Waals surface area contributed by atoms with Gasteiger partial charge in [0.25, 0.3) is 15.6 Å². The van der Waals surface area contributed by atoms with E-state index >= 15 is 0 Å². The van der Waals surface area contributed by atoms with Crippen LogP contribution in [0.15, 0.2) is 27.2 Å². The van der Waals surface area contributed by atoms with Gasteiger partial charge in [-0.15, -0.1) is 11.3 Å². The summed E-state index contributed by atoms with van der Waals surface area (Å²) in [6, 6.07) is 3.80. The molecule has 8 heteroatoms. The molecule has 0 aliphatic carbocycles. The van der Waals surface area contributed by atoms with Gasteiger partial charge in [-0.1, -0.05) is 17.7 Å².